The molecule has 0 aromatic heterocycles. The zero-order chi connectivity index (χ0) is 14.0. The Morgan fingerprint density at radius 2 is 1.68 bits per heavy atom. The van der Waals surface area contributed by atoms with E-state index in [-0.39, 0.29) is 0 Å². The molecular formula is C13H11Cl2NO2S. The van der Waals surface area contributed by atoms with Crippen molar-refractivity contribution < 1.29 is 8.42 Å². The monoisotopic (exact) mass is 315 g/mol. The third-order valence-corrected chi connectivity index (χ3v) is 3.78. The second-order valence-corrected chi connectivity index (χ2v) is 6.61. The molecule has 0 aliphatic heterocycles. The molecule has 0 heterocycles. The standard InChI is InChI=1S/C13H11Cl2NO2S/c1-19(17,18)16-13-5-3-2-4-10(13)9-6-7-11(14)12(15)8-9/h2-8,16H,1H3. The van der Waals surface area contributed by atoms with Crippen LogP contribution in [-0.4, -0.2) is 14.7 Å². The lowest BCUT2D eigenvalue weighted by atomic mass is 10.0. The first-order valence-corrected chi connectivity index (χ1v) is 8.04. The van der Waals surface area contributed by atoms with Crippen molar-refractivity contribution in [2.24, 2.45) is 0 Å². The van der Waals surface area contributed by atoms with Crippen LogP contribution in [0.15, 0.2) is 42.5 Å². The van der Waals surface area contributed by atoms with E-state index in [4.69, 9.17) is 23.2 Å². The highest BCUT2D eigenvalue weighted by molar-refractivity contribution is 7.92. The summed E-state index contributed by atoms with van der Waals surface area (Å²) in [6.45, 7) is 0. The predicted molar refractivity (Wildman–Crippen MR) is 80.4 cm³/mol. The molecule has 6 heteroatoms. The molecule has 2 aromatic rings. The number of halogens is 2. The Morgan fingerprint density at radius 1 is 1.00 bits per heavy atom. The highest BCUT2D eigenvalue weighted by atomic mass is 35.5. The molecule has 3 nitrogen and oxygen atoms in total. The van der Waals surface area contributed by atoms with Gasteiger partial charge in [-0.05, 0) is 23.8 Å². The minimum absolute atomic E-state index is 0.424. The summed E-state index contributed by atoms with van der Waals surface area (Å²) in [7, 11) is -3.34. The lowest BCUT2D eigenvalue weighted by Gasteiger charge is -2.11. The van der Waals surface area contributed by atoms with Crippen molar-refractivity contribution in [1.82, 2.24) is 0 Å². The Morgan fingerprint density at radius 3 is 2.32 bits per heavy atom. The number of hydrogen-bond acceptors (Lipinski definition) is 2. The molecule has 0 aliphatic rings. The van der Waals surface area contributed by atoms with Crippen LogP contribution in [-0.2, 0) is 10.0 Å². The first kappa shape index (κ1) is 14.2. The van der Waals surface area contributed by atoms with E-state index in [1.54, 1.807) is 30.3 Å². The fourth-order valence-corrected chi connectivity index (χ4v) is 2.56. The number of nitrogens with one attached hydrogen (secondary N) is 1. The van der Waals surface area contributed by atoms with Gasteiger partial charge in [-0.1, -0.05) is 47.5 Å². The van der Waals surface area contributed by atoms with Gasteiger partial charge in [0.15, 0.2) is 0 Å². The summed E-state index contributed by atoms with van der Waals surface area (Å²) in [6.07, 6.45) is 1.11. The number of sulfonamides is 1. The fraction of sp³-hybridized carbons (Fsp3) is 0.0769. The quantitative estimate of drug-likeness (QED) is 0.929. The van der Waals surface area contributed by atoms with Crippen molar-refractivity contribution in [2.45, 2.75) is 0 Å². The average molecular weight is 316 g/mol. The Hall–Kier alpha value is -1.23. The van der Waals surface area contributed by atoms with Crippen molar-refractivity contribution in [3.8, 4) is 11.1 Å². The molecule has 0 bridgehead atoms. The van der Waals surface area contributed by atoms with E-state index in [1.807, 2.05) is 12.1 Å². The van der Waals surface area contributed by atoms with E-state index >= 15 is 0 Å². The van der Waals surface area contributed by atoms with Gasteiger partial charge in [0, 0.05) is 5.56 Å². The summed E-state index contributed by atoms with van der Waals surface area (Å²) in [4.78, 5) is 0. The molecule has 0 saturated heterocycles. The Bertz CT molecular complexity index is 714. The number of anilines is 1. The minimum atomic E-state index is -3.34. The molecule has 100 valence electrons. The van der Waals surface area contributed by atoms with Crippen LogP contribution in [0.4, 0.5) is 5.69 Å². The van der Waals surface area contributed by atoms with Crippen molar-refractivity contribution in [3.05, 3.63) is 52.5 Å². The van der Waals surface area contributed by atoms with E-state index in [9.17, 15) is 8.42 Å². The van der Waals surface area contributed by atoms with Gasteiger partial charge in [0.25, 0.3) is 0 Å². The van der Waals surface area contributed by atoms with Gasteiger partial charge < -0.3 is 0 Å². The van der Waals surface area contributed by atoms with E-state index in [0.717, 1.165) is 17.4 Å². The molecule has 0 atom stereocenters. The van der Waals surface area contributed by atoms with Crippen LogP contribution in [0.3, 0.4) is 0 Å². The third kappa shape index (κ3) is 3.62. The molecule has 19 heavy (non-hydrogen) atoms. The zero-order valence-electron chi connectivity index (χ0n) is 10.0. The first-order chi connectivity index (χ1) is 8.87. The minimum Gasteiger partial charge on any atom is -0.283 e. The maximum atomic E-state index is 11.3. The summed E-state index contributed by atoms with van der Waals surface area (Å²) in [5.41, 5.74) is 2.04. The molecule has 2 aromatic carbocycles. The van der Waals surface area contributed by atoms with Gasteiger partial charge >= 0.3 is 0 Å². The smallest absolute Gasteiger partial charge is 0.229 e. The normalized spacial score (nSPS) is 11.3. The summed E-state index contributed by atoms with van der Waals surface area (Å²) < 4.78 is 25.2. The van der Waals surface area contributed by atoms with Crippen LogP contribution in [0, 0.1) is 0 Å². The SMILES string of the molecule is CS(=O)(=O)Nc1ccccc1-c1ccc(Cl)c(Cl)c1. The lowest BCUT2D eigenvalue weighted by molar-refractivity contribution is 0.607. The Kier molecular flexibility index (Phi) is 4.04. The van der Waals surface area contributed by atoms with Crippen molar-refractivity contribution in [3.63, 3.8) is 0 Å². The van der Waals surface area contributed by atoms with Crippen LogP contribution in [0.5, 0.6) is 0 Å². The second kappa shape index (κ2) is 5.41. The maximum Gasteiger partial charge on any atom is 0.229 e. The third-order valence-electron chi connectivity index (χ3n) is 2.45. The topological polar surface area (TPSA) is 46.2 Å². The summed E-state index contributed by atoms with van der Waals surface area (Å²) >= 11 is 11.8. The van der Waals surface area contributed by atoms with Gasteiger partial charge in [0.05, 0.1) is 22.0 Å². The van der Waals surface area contributed by atoms with Gasteiger partial charge in [0.1, 0.15) is 0 Å². The zero-order valence-corrected chi connectivity index (χ0v) is 12.4. The molecular weight excluding hydrogens is 305 g/mol. The van der Waals surface area contributed by atoms with E-state index < -0.39 is 10.0 Å². The molecule has 2 rings (SSSR count). The molecule has 0 aliphatic carbocycles. The van der Waals surface area contributed by atoms with Crippen molar-refractivity contribution in [2.75, 3.05) is 11.0 Å². The summed E-state index contributed by atoms with van der Waals surface area (Å²) in [5.74, 6) is 0. The van der Waals surface area contributed by atoms with E-state index in [1.165, 1.54) is 0 Å². The Labute approximate surface area is 122 Å². The second-order valence-electron chi connectivity index (χ2n) is 4.05. The average Bonchev–Trinajstić information content (AvgIpc) is 2.31. The number of benzene rings is 2. The van der Waals surface area contributed by atoms with Gasteiger partial charge in [-0.2, -0.15) is 0 Å². The van der Waals surface area contributed by atoms with Crippen LogP contribution >= 0.6 is 23.2 Å². The molecule has 0 fully saturated rings. The first-order valence-electron chi connectivity index (χ1n) is 5.39. The van der Waals surface area contributed by atoms with Crippen LogP contribution in [0.1, 0.15) is 0 Å². The molecule has 0 saturated carbocycles. The molecule has 0 amide bonds. The van der Waals surface area contributed by atoms with Gasteiger partial charge in [-0.15, -0.1) is 0 Å². The lowest BCUT2D eigenvalue weighted by Crippen LogP contribution is -2.10. The van der Waals surface area contributed by atoms with Crippen LogP contribution in [0.2, 0.25) is 10.0 Å². The molecule has 1 N–H and O–H groups in total. The van der Waals surface area contributed by atoms with Crippen LogP contribution in [0.25, 0.3) is 11.1 Å². The largest absolute Gasteiger partial charge is 0.283 e. The molecule has 0 radical (unpaired) electrons. The number of hydrogen-bond donors (Lipinski definition) is 1. The van der Waals surface area contributed by atoms with Gasteiger partial charge in [0.2, 0.25) is 10.0 Å². The fourth-order valence-electron chi connectivity index (χ4n) is 1.69. The maximum absolute atomic E-state index is 11.3. The Balaban J connectivity index is 2.53. The predicted octanol–water partition coefficient (Wildman–Crippen LogP) is 4.03. The van der Waals surface area contributed by atoms with Crippen molar-refractivity contribution >= 4 is 38.9 Å². The highest BCUT2D eigenvalue weighted by Crippen LogP contribution is 2.32. The summed E-state index contributed by atoms with van der Waals surface area (Å²) in [5, 5.41) is 0.882. The molecule has 0 spiro atoms. The van der Waals surface area contributed by atoms with Gasteiger partial charge in [-0.3, -0.25) is 4.72 Å². The van der Waals surface area contributed by atoms with E-state index in [0.29, 0.717) is 15.7 Å². The summed E-state index contributed by atoms with van der Waals surface area (Å²) in [6, 6.07) is 12.3. The number of para-hydroxylation sites is 1. The van der Waals surface area contributed by atoms with Gasteiger partial charge in [-0.25, -0.2) is 8.42 Å². The van der Waals surface area contributed by atoms with Crippen LogP contribution < -0.4 is 4.72 Å². The van der Waals surface area contributed by atoms with Crippen molar-refractivity contribution in [1.29, 1.82) is 0 Å². The van der Waals surface area contributed by atoms with E-state index in [2.05, 4.69) is 4.72 Å². The highest BCUT2D eigenvalue weighted by Gasteiger charge is 2.09. The number of rotatable bonds is 3. The molecule has 0 unspecified atom stereocenters.